The van der Waals surface area contributed by atoms with E-state index in [0.717, 1.165) is 32.5 Å². The highest BCUT2D eigenvalue weighted by Crippen LogP contribution is 2.15. The molecule has 0 saturated heterocycles. The van der Waals surface area contributed by atoms with Crippen LogP contribution in [0.3, 0.4) is 0 Å². The van der Waals surface area contributed by atoms with Crippen LogP contribution in [0, 0.1) is 0 Å². The molecule has 0 aliphatic carbocycles. The van der Waals surface area contributed by atoms with Crippen LogP contribution >= 0.6 is 0 Å². The molecule has 1 rings (SSSR count). The summed E-state index contributed by atoms with van der Waals surface area (Å²) in [5.41, 5.74) is 7.43. The van der Waals surface area contributed by atoms with Crippen LogP contribution in [0.2, 0.25) is 0 Å². The number of nitrogens with zero attached hydrogens (tertiary/aromatic N) is 1. The first-order valence-electron chi connectivity index (χ1n) is 6.91. The Morgan fingerprint density at radius 1 is 1.28 bits per heavy atom. The fourth-order valence-electron chi connectivity index (χ4n) is 2.19. The Bertz CT molecular complexity index is 321. The minimum Gasteiger partial charge on any atom is -0.324 e. The molecule has 0 saturated carbocycles. The van der Waals surface area contributed by atoms with Crippen LogP contribution in [0.1, 0.15) is 37.8 Å². The van der Waals surface area contributed by atoms with Crippen LogP contribution in [0.4, 0.5) is 0 Å². The van der Waals surface area contributed by atoms with E-state index in [-0.39, 0.29) is 6.04 Å². The lowest BCUT2D eigenvalue weighted by molar-refractivity contribution is 0.293. The van der Waals surface area contributed by atoms with Crippen molar-refractivity contribution in [2.45, 2.75) is 32.2 Å². The van der Waals surface area contributed by atoms with Crippen LogP contribution in [-0.4, -0.2) is 24.5 Å². The Hall–Kier alpha value is -1.12. The van der Waals surface area contributed by atoms with Gasteiger partial charge in [0.05, 0.1) is 0 Å². The molecule has 0 amide bonds. The van der Waals surface area contributed by atoms with Crippen LogP contribution in [0.5, 0.6) is 0 Å². The fraction of sp³-hybridized carbons (Fsp3) is 0.500. The molecule has 0 aliphatic heterocycles. The van der Waals surface area contributed by atoms with Gasteiger partial charge in [-0.25, -0.2) is 0 Å². The van der Waals surface area contributed by atoms with E-state index in [1.54, 1.807) is 0 Å². The van der Waals surface area contributed by atoms with Crippen molar-refractivity contribution in [3.63, 3.8) is 0 Å². The molecular weight excluding hydrogens is 220 g/mol. The molecule has 0 fully saturated rings. The van der Waals surface area contributed by atoms with Crippen molar-refractivity contribution >= 4 is 0 Å². The third-order valence-corrected chi connectivity index (χ3v) is 3.14. The maximum Gasteiger partial charge on any atom is 0.0295 e. The van der Waals surface area contributed by atoms with Crippen LogP contribution in [0.15, 0.2) is 43.0 Å². The quantitative estimate of drug-likeness (QED) is 0.677. The van der Waals surface area contributed by atoms with Gasteiger partial charge in [-0.05, 0) is 37.9 Å². The summed E-state index contributed by atoms with van der Waals surface area (Å²) in [7, 11) is 0. The maximum absolute atomic E-state index is 6.19. The minimum absolute atomic E-state index is 0.165. The van der Waals surface area contributed by atoms with Gasteiger partial charge in [0.25, 0.3) is 0 Å². The van der Waals surface area contributed by atoms with E-state index in [1.165, 1.54) is 12.0 Å². The van der Waals surface area contributed by atoms with Gasteiger partial charge in [0.2, 0.25) is 0 Å². The lowest BCUT2D eigenvalue weighted by atomic mass is 10.0. The molecule has 2 nitrogen and oxygen atoms in total. The molecule has 2 heteroatoms. The zero-order valence-corrected chi connectivity index (χ0v) is 11.5. The average molecular weight is 246 g/mol. The van der Waals surface area contributed by atoms with Crippen molar-refractivity contribution in [2.24, 2.45) is 5.73 Å². The third kappa shape index (κ3) is 5.48. The summed E-state index contributed by atoms with van der Waals surface area (Å²) < 4.78 is 0. The molecule has 0 aromatic heterocycles. The smallest absolute Gasteiger partial charge is 0.0295 e. The average Bonchev–Trinajstić information content (AvgIpc) is 2.40. The molecule has 2 N–H and O–H groups in total. The number of nitrogens with two attached hydrogens (primary N) is 1. The molecule has 0 aliphatic rings. The Labute approximate surface area is 111 Å². The fourth-order valence-corrected chi connectivity index (χ4v) is 2.19. The van der Waals surface area contributed by atoms with E-state index in [0.29, 0.717) is 0 Å². The maximum atomic E-state index is 6.19. The molecule has 1 unspecified atom stereocenters. The predicted molar refractivity (Wildman–Crippen MR) is 79.5 cm³/mol. The Morgan fingerprint density at radius 2 is 2.00 bits per heavy atom. The first-order valence-corrected chi connectivity index (χ1v) is 6.91. The van der Waals surface area contributed by atoms with Crippen molar-refractivity contribution < 1.29 is 0 Å². The standard InChI is InChI=1S/C16H26N2/c1-3-12-18(13-4-2)14-8-11-16(17)15-9-6-5-7-10-15/h3,5-7,9-10,16H,1,4,8,11-14,17H2,2H3. The molecule has 1 aromatic rings. The third-order valence-electron chi connectivity index (χ3n) is 3.14. The summed E-state index contributed by atoms with van der Waals surface area (Å²) >= 11 is 0. The molecule has 0 spiro atoms. The summed E-state index contributed by atoms with van der Waals surface area (Å²) in [5, 5.41) is 0. The summed E-state index contributed by atoms with van der Waals surface area (Å²) in [4.78, 5) is 2.44. The highest BCUT2D eigenvalue weighted by atomic mass is 15.1. The summed E-state index contributed by atoms with van der Waals surface area (Å²) in [6.45, 7) is 9.26. The Kier molecular flexibility index (Phi) is 7.38. The van der Waals surface area contributed by atoms with Crippen LogP contribution in [-0.2, 0) is 0 Å². The summed E-state index contributed by atoms with van der Waals surface area (Å²) in [6, 6.07) is 10.5. The second-order valence-electron chi connectivity index (χ2n) is 4.75. The second-order valence-corrected chi connectivity index (χ2v) is 4.75. The molecule has 100 valence electrons. The monoisotopic (exact) mass is 246 g/mol. The SMILES string of the molecule is C=CCN(CCC)CCCC(N)c1ccccc1. The number of hydrogen-bond donors (Lipinski definition) is 1. The van der Waals surface area contributed by atoms with E-state index in [2.05, 4.69) is 42.7 Å². The van der Waals surface area contributed by atoms with Crippen LogP contribution in [0.25, 0.3) is 0 Å². The van der Waals surface area contributed by atoms with E-state index in [4.69, 9.17) is 5.73 Å². The van der Waals surface area contributed by atoms with Gasteiger partial charge in [-0.1, -0.05) is 43.3 Å². The first kappa shape index (κ1) is 14.9. The number of hydrogen-bond acceptors (Lipinski definition) is 2. The predicted octanol–water partition coefficient (Wildman–Crippen LogP) is 3.36. The van der Waals surface area contributed by atoms with Gasteiger partial charge >= 0.3 is 0 Å². The van der Waals surface area contributed by atoms with E-state index < -0.39 is 0 Å². The molecular formula is C16H26N2. The van der Waals surface area contributed by atoms with E-state index in [9.17, 15) is 0 Å². The zero-order valence-electron chi connectivity index (χ0n) is 11.5. The molecule has 0 bridgehead atoms. The highest BCUT2D eigenvalue weighted by molar-refractivity contribution is 5.18. The summed E-state index contributed by atoms with van der Waals surface area (Å²) in [5.74, 6) is 0. The Morgan fingerprint density at radius 3 is 2.61 bits per heavy atom. The van der Waals surface area contributed by atoms with Gasteiger partial charge < -0.3 is 5.73 Å². The van der Waals surface area contributed by atoms with Crippen molar-refractivity contribution in [1.29, 1.82) is 0 Å². The molecule has 0 heterocycles. The second kappa shape index (κ2) is 8.90. The van der Waals surface area contributed by atoms with Gasteiger partial charge in [0.1, 0.15) is 0 Å². The van der Waals surface area contributed by atoms with E-state index >= 15 is 0 Å². The topological polar surface area (TPSA) is 29.3 Å². The minimum atomic E-state index is 0.165. The molecule has 0 radical (unpaired) electrons. The van der Waals surface area contributed by atoms with E-state index in [1.807, 2.05) is 12.1 Å². The van der Waals surface area contributed by atoms with Gasteiger partial charge in [-0.15, -0.1) is 6.58 Å². The largest absolute Gasteiger partial charge is 0.324 e. The number of rotatable bonds is 9. The normalized spacial score (nSPS) is 12.6. The van der Waals surface area contributed by atoms with Gasteiger partial charge in [0, 0.05) is 12.6 Å². The van der Waals surface area contributed by atoms with Gasteiger partial charge in [0.15, 0.2) is 0 Å². The molecule has 18 heavy (non-hydrogen) atoms. The molecule has 1 aromatic carbocycles. The zero-order chi connectivity index (χ0) is 13.2. The van der Waals surface area contributed by atoms with Crippen molar-refractivity contribution in [2.75, 3.05) is 19.6 Å². The van der Waals surface area contributed by atoms with Crippen molar-refractivity contribution in [1.82, 2.24) is 4.90 Å². The Balaban J connectivity index is 2.29. The van der Waals surface area contributed by atoms with Gasteiger partial charge in [-0.2, -0.15) is 0 Å². The first-order chi connectivity index (χ1) is 8.77. The van der Waals surface area contributed by atoms with Crippen molar-refractivity contribution in [3.05, 3.63) is 48.6 Å². The highest BCUT2D eigenvalue weighted by Gasteiger charge is 2.06. The van der Waals surface area contributed by atoms with Crippen molar-refractivity contribution in [3.8, 4) is 0 Å². The van der Waals surface area contributed by atoms with Gasteiger partial charge in [-0.3, -0.25) is 4.90 Å². The number of benzene rings is 1. The van der Waals surface area contributed by atoms with Crippen LogP contribution < -0.4 is 5.73 Å². The lowest BCUT2D eigenvalue weighted by Gasteiger charge is -2.20. The lowest BCUT2D eigenvalue weighted by Crippen LogP contribution is -2.26. The summed E-state index contributed by atoms with van der Waals surface area (Å²) in [6.07, 6.45) is 5.36. The molecule has 1 atom stereocenters.